The van der Waals surface area contributed by atoms with Gasteiger partial charge < -0.3 is 15.0 Å². The number of nitrogens with one attached hydrogen (secondary N) is 2. The van der Waals surface area contributed by atoms with Crippen molar-refractivity contribution in [2.24, 2.45) is 0 Å². The van der Waals surface area contributed by atoms with Crippen LogP contribution in [0.4, 0.5) is 10.1 Å². The second kappa shape index (κ2) is 7.98. The molecule has 4 rings (SSSR count). The van der Waals surface area contributed by atoms with Crippen LogP contribution in [0.2, 0.25) is 0 Å². The van der Waals surface area contributed by atoms with Gasteiger partial charge in [-0.15, -0.1) is 0 Å². The maximum absolute atomic E-state index is 13.3. The number of halogens is 1. The van der Waals surface area contributed by atoms with Gasteiger partial charge in [0.15, 0.2) is 0 Å². The second-order valence-corrected chi connectivity index (χ2v) is 6.50. The number of carbonyl (C=O) groups is 1. The molecule has 0 saturated carbocycles. The maximum Gasteiger partial charge on any atom is 0.261 e. The van der Waals surface area contributed by atoms with Gasteiger partial charge in [0.05, 0.1) is 5.52 Å². The Labute approximate surface area is 165 Å². The Morgan fingerprint density at radius 2 is 1.72 bits per heavy atom. The van der Waals surface area contributed by atoms with Crippen LogP contribution < -0.4 is 15.6 Å². The predicted octanol–water partition coefficient (Wildman–Crippen LogP) is 4.50. The Bertz CT molecular complexity index is 1220. The molecule has 3 aromatic carbocycles. The highest BCUT2D eigenvalue weighted by molar-refractivity contribution is 6.05. The third-order valence-electron chi connectivity index (χ3n) is 4.41. The van der Waals surface area contributed by atoms with E-state index in [1.165, 1.54) is 24.3 Å². The van der Waals surface area contributed by atoms with Crippen LogP contribution in [-0.2, 0) is 6.61 Å². The van der Waals surface area contributed by atoms with E-state index < -0.39 is 17.3 Å². The van der Waals surface area contributed by atoms with Gasteiger partial charge >= 0.3 is 0 Å². The molecule has 29 heavy (non-hydrogen) atoms. The summed E-state index contributed by atoms with van der Waals surface area (Å²) in [5, 5.41) is 3.26. The van der Waals surface area contributed by atoms with Crippen molar-refractivity contribution in [2.75, 3.05) is 5.32 Å². The fraction of sp³-hybridized carbons (Fsp3) is 0.0435. The van der Waals surface area contributed by atoms with Crippen LogP contribution in [-0.4, -0.2) is 10.9 Å². The molecule has 0 aliphatic carbocycles. The molecule has 0 aliphatic heterocycles. The van der Waals surface area contributed by atoms with Crippen molar-refractivity contribution >= 4 is 22.5 Å². The van der Waals surface area contributed by atoms with Gasteiger partial charge in [0.25, 0.3) is 11.5 Å². The molecule has 2 N–H and O–H groups in total. The van der Waals surface area contributed by atoms with Gasteiger partial charge in [-0.05, 0) is 59.5 Å². The number of fused-ring (bicyclic) bond motifs is 1. The number of hydrogen-bond donors (Lipinski definition) is 2. The molecule has 0 saturated heterocycles. The monoisotopic (exact) mass is 388 g/mol. The van der Waals surface area contributed by atoms with Crippen molar-refractivity contribution in [2.45, 2.75) is 6.61 Å². The fourth-order valence-electron chi connectivity index (χ4n) is 2.92. The zero-order valence-corrected chi connectivity index (χ0v) is 15.3. The zero-order chi connectivity index (χ0) is 20.2. The molecule has 5 nitrogen and oxygen atoms in total. The summed E-state index contributed by atoms with van der Waals surface area (Å²) in [6.45, 7) is 0.444. The molecule has 0 fully saturated rings. The average molecular weight is 388 g/mol. The number of ether oxygens (including phenoxy) is 1. The number of carbonyl (C=O) groups excluding carboxylic acids is 1. The van der Waals surface area contributed by atoms with Crippen LogP contribution in [0, 0.1) is 5.82 Å². The number of pyridine rings is 1. The van der Waals surface area contributed by atoms with Crippen molar-refractivity contribution in [1.29, 1.82) is 0 Å². The van der Waals surface area contributed by atoms with Crippen molar-refractivity contribution in [3.63, 3.8) is 0 Å². The number of aromatic nitrogens is 1. The molecule has 4 aromatic rings. The molecule has 0 atom stereocenters. The number of amides is 1. The molecular weight excluding hydrogens is 371 g/mol. The van der Waals surface area contributed by atoms with Crippen molar-refractivity contribution in [1.82, 2.24) is 4.98 Å². The third-order valence-corrected chi connectivity index (χ3v) is 4.41. The second-order valence-electron chi connectivity index (χ2n) is 6.50. The Morgan fingerprint density at radius 3 is 2.48 bits per heavy atom. The number of hydrogen-bond acceptors (Lipinski definition) is 3. The summed E-state index contributed by atoms with van der Waals surface area (Å²) < 4.78 is 19.0. The van der Waals surface area contributed by atoms with Crippen molar-refractivity contribution < 1.29 is 13.9 Å². The molecule has 1 heterocycles. The number of rotatable bonds is 5. The first-order chi connectivity index (χ1) is 14.1. The highest BCUT2D eigenvalue weighted by atomic mass is 19.1. The normalized spacial score (nSPS) is 10.7. The molecule has 1 amide bonds. The number of H-pyrrole nitrogens is 1. The minimum absolute atomic E-state index is 0.0477. The molecule has 0 aliphatic rings. The molecule has 144 valence electrons. The largest absolute Gasteiger partial charge is 0.489 e. The maximum atomic E-state index is 13.3. The van der Waals surface area contributed by atoms with Crippen LogP contribution in [0.3, 0.4) is 0 Å². The van der Waals surface area contributed by atoms with Gasteiger partial charge in [0.1, 0.15) is 23.7 Å². The Morgan fingerprint density at radius 1 is 0.966 bits per heavy atom. The first-order valence-corrected chi connectivity index (χ1v) is 8.99. The van der Waals surface area contributed by atoms with Crippen molar-refractivity contribution in [3.8, 4) is 5.75 Å². The molecule has 6 heteroatoms. The van der Waals surface area contributed by atoms with E-state index in [0.717, 1.165) is 5.56 Å². The summed E-state index contributed by atoms with van der Waals surface area (Å²) in [5.41, 5.74) is 1.30. The lowest BCUT2D eigenvalue weighted by Crippen LogP contribution is -2.23. The van der Waals surface area contributed by atoms with E-state index in [1.807, 2.05) is 30.3 Å². The summed E-state index contributed by atoms with van der Waals surface area (Å²) in [6.07, 6.45) is 0. The molecular formula is C23H17FN2O3. The standard InChI is InChI=1S/C23H17FN2O3/c24-17-7-6-16-12-20(23(28)26-21(16)13-17)22(27)25-18-8-10-19(11-9-18)29-14-15-4-2-1-3-5-15/h1-13H,14H2,(H,25,27)(H,26,28). The van der Waals surface area contributed by atoms with Gasteiger partial charge in [-0.2, -0.15) is 0 Å². The van der Waals surface area contributed by atoms with Gasteiger partial charge in [-0.3, -0.25) is 9.59 Å². The fourth-order valence-corrected chi connectivity index (χ4v) is 2.92. The summed E-state index contributed by atoms with van der Waals surface area (Å²) >= 11 is 0. The predicted molar refractivity (Wildman–Crippen MR) is 110 cm³/mol. The molecule has 0 unspecified atom stereocenters. The summed E-state index contributed by atoms with van der Waals surface area (Å²) in [4.78, 5) is 27.2. The van der Waals surface area contributed by atoms with E-state index in [4.69, 9.17) is 4.74 Å². The van der Waals surface area contributed by atoms with Crippen molar-refractivity contribution in [3.05, 3.63) is 106 Å². The van der Waals surface area contributed by atoms with Gasteiger partial charge in [-0.25, -0.2) is 4.39 Å². The molecule has 0 radical (unpaired) electrons. The van der Waals surface area contributed by atoms with E-state index in [9.17, 15) is 14.0 Å². The highest BCUT2D eigenvalue weighted by Gasteiger charge is 2.12. The Kier molecular flexibility index (Phi) is 5.07. The van der Waals surface area contributed by atoms with E-state index in [1.54, 1.807) is 24.3 Å². The number of benzene rings is 3. The topological polar surface area (TPSA) is 71.2 Å². The highest BCUT2D eigenvalue weighted by Crippen LogP contribution is 2.18. The lowest BCUT2D eigenvalue weighted by atomic mass is 10.1. The first-order valence-electron chi connectivity index (χ1n) is 8.99. The van der Waals surface area contributed by atoms with Crippen LogP contribution in [0.1, 0.15) is 15.9 Å². The lowest BCUT2D eigenvalue weighted by molar-refractivity contribution is 0.102. The van der Waals surface area contributed by atoms with E-state index in [0.29, 0.717) is 28.9 Å². The molecule has 0 bridgehead atoms. The van der Waals surface area contributed by atoms with Crippen LogP contribution >= 0.6 is 0 Å². The van der Waals surface area contributed by atoms with Crippen LogP contribution in [0.25, 0.3) is 10.9 Å². The smallest absolute Gasteiger partial charge is 0.261 e. The van der Waals surface area contributed by atoms with Gasteiger partial charge in [-0.1, -0.05) is 30.3 Å². The minimum Gasteiger partial charge on any atom is -0.489 e. The summed E-state index contributed by atoms with van der Waals surface area (Å²) in [5.74, 6) is -0.340. The SMILES string of the molecule is O=C(Nc1ccc(OCc2ccccc2)cc1)c1cc2ccc(F)cc2[nH]c1=O. The zero-order valence-electron chi connectivity index (χ0n) is 15.3. The van der Waals surface area contributed by atoms with E-state index >= 15 is 0 Å². The average Bonchev–Trinajstić information content (AvgIpc) is 2.73. The Balaban J connectivity index is 1.45. The van der Waals surface area contributed by atoms with Crippen LogP contribution in [0.15, 0.2) is 83.7 Å². The molecule has 1 aromatic heterocycles. The quantitative estimate of drug-likeness (QED) is 0.529. The Hall–Kier alpha value is -3.93. The first kappa shape index (κ1) is 18.4. The van der Waals surface area contributed by atoms with Crippen LogP contribution in [0.5, 0.6) is 5.75 Å². The van der Waals surface area contributed by atoms with Gasteiger partial charge in [0.2, 0.25) is 0 Å². The third kappa shape index (κ3) is 4.32. The lowest BCUT2D eigenvalue weighted by Gasteiger charge is -2.09. The summed E-state index contributed by atoms with van der Waals surface area (Å²) in [6, 6.07) is 22.1. The number of anilines is 1. The molecule has 0 spiro atoms. The summed E-state index contributed by atoms with van der Waals surface area (Å²) in [7, 11) is 0. The van der Waals surface area contributed by atoms with E-state index in [-0.39, 0.29) is 5.56 Å². The minimum atomic E-state index is -0.580. The van der Waals surface area contributed by atoms with E-state index in [2.05, 4.69) is 10.3 Å². The number of aromatic amines is 1. The van der Waals surface area contributed by atoms with Gasteiger partial charge in [0, 0.05) is 5.69 Å².